The summed E-state index contributed by atoms with van der Waals surface area (Å²) in [5, 5.41) is 4.98. The number of halogens is 2. The number of amides is 1. The number of morpholine rings is 1. The van der Waals surface area contributed by atoms with E-state index in [0.29, 0.717) is 53.4 Å². The Bertz CT molecular complexity index is 1410. The average molecular weight is 510 g/mol. The fourth-order valence-electron chi connectivity index (χ4n) is 4.31. The summed E-state index contributed by atoms with van der Waals surface area (Å²) in [5.74, 6) is 0.513. The molecule has 0 bridgehead atoms. The lowest BCUT2D eigenvalue weighted by molar-refractivity contribution is 0.00834. The Morgan fingerprint density at radius 1 is 1.16 bits per heavy atom. The molecule has 2 aromatic heterocycles. The van der Waals surface area contributed by atoms with Crippen LogP contribution in [0.1, 0.15) is 6.92 Å². The smallest absolute Gasteiger partial charge is 0.415 e. The molecule has 0 N–H and O–H groups in total. The second kappa shape index (κ2) is 10.5. The second-order valence-corrected chi connectivity index (χ2v) is 8.60. The highest BCUT2D eigenvalue weighted by Gasteiger charge is 2.27. The van der Waals surface area contributed by atoms with Gasteiger partial charge in [-0.2, -0.15) is 5.10 Å². The van der Waals surface area contributed by atoms with Gasteiger partial charge >= 0.3 is 6.09 Å². The van der Waals surface area contributed by atoms with Crippen molar-refractivity contribution in [3.63, 3.8) is 0 Å². The largest absolute Gasteiger partial charge is 0.493 e. The summed E-state index contributed by atoms with van der Waals surface area (Å²) >= 11 is 0. The summed E-state index contributed by atoms with van der Waals surface area (Å²) in [7, 11) is 1.47. The van der Waals surface area contributed by atoms with Crippen molar-refractivity contribution in [2.24, 2.45) is 0 Å². The minimum Gasteiger partial charge on any atom is -0.493 e. The summed E-state index contributed by atoms with van der Waals surface area (Å²) < 4.78 is 44.2. The molecule has 1 fully saturated rings. The highest BCUT2D eigenvalue weighted by Crippen LogP contribution is 2.38. The molecular weight excluding hydrogens is 484 g/mol. The number of nitrogens with zero attached hydrogens (tertiary/aromatic N) is 5. The van der Waals surface area contributed by atoms with E-state index in [1.807, 2.05) is 37.3 Å². The zero-order valence-electron chi connectivity index (χ0n) is 20.3. The molecule has 1 aliphatic rings. The van der Waals surface area contributed by atoms with Gasteiger partial charge in [0.05, 0.1) is 37.6 Å². The predicted molar refractivity (Wildman–Crippen MR) is 132 cm³/mol. The van der Waals surface area contributed by atoms with Crippen molar-refractivity contribution in [1.29, 1.82) is 0 Å². The van der Waals surface area contributed by atoms with E-state index in [-0.39, 0.29) is 11.8 Å². The van der Waals surface area contributed by atoms with Gasteiger partial charge in [0.25, 0.3) is 6.43 Å². The molecule has 2 aromatic carbocycles. The maximum absolute atomic E-state index is 13.2. The molecule has 9 nitrogen and oxygen atoms in total. The van der Waals surface area contributed by atoms with Crippen molar-refractivity contribution in [3.8, 4) is 34.0 Å². The summed E-state index contributed by atoms with van der Waals surface area (Å²) in [6.45, 7) is 2.58. The van der Waals surface area contributed by atoms with Crippen LogP contribution in [0.5, 0.6) is 11.5 Å². The Morgan fingerprint density at radius 2 is 1.97 bits per heavy atom. The molecular formula is C26H25F2N5O4. The standard InChI is InChI=1S/C26H25F2N5O4/c1-16-14-36-9-8-33(16)26(34)37-22-10-18-20(11-21(22)35-2)29-15-30-25(18)19-12-32(13-23(27)28)31-24(19)17-6-4-3-5-7-17/h3-7,10-12,15-16,23H,8-9,13-14H2,1-2H3/t16-/m0/s1. The van der Waals surface area contributed by atoms with Gasteiger partial charge < -0.3 is 19.1 Å². The molecule has 0 radical (unpaired) electrons. The maximum Gasteiger partial charge on any atom is 0.415 e. The van der Waals surface area contributed by atoms with Gasteiger partial charge in [-0.15, -0.1) is 0 Å². The zero-order chi connectivity index (χ0) is 25.9. The Balaban J connectivity index is 1.61. The number of hydrogen-bond acceptors (Lipinski definition) is 7. The third-order valence-corrected chi connectivity index (χ3v) is 6.11. The van der Waals surface area contributed by atoms with Crippen LogP contribution in [0.4, 0.5) is 13.6 Å². The van der Waals surface area contributed by atoms with Crippen molar-refractivity contribution in [3.05, 3.63) is 55.0 Å². The molecule has 0 aliphatic carbocycles. The normalized spacial score (nSPS) is 15.8. The van der Waals surface area contributed by atoms with Gasteiger partial charge in [0.1, 0.15) is 18.6 Å². The van der Waals surface area contributed by atoms with Crippen LogP contribution < -0.4 is 9.47 Å². The van der Waals surface area contributed by atoms with Gasteiger partial charge in [-0.25, -0.2) is 23.5 Å². The molecule has 1 amide bonds. The van der Waals surface area contributed by atoms with Gasteiger partial charge in [0.15, 0.2) is 11.5 Å². The first kappa shape index (κ1) is 24.6. The van der Waals surface area contributed by atoms with Crippen LogP contribution in [0.25, 0.3) is 33.4 Å². The van der Waals surface area contributed by atoms with Crippen LogP contribution >= 0.6 is 0 Å². The van der Waals surface area contributed by atoms with E-state index in [9.17, 15) is 13.6 Å². The average Bonchev–Trinajstić information content (AvgIpc) is 3.31. The van der Waals surface area contributed by atoms with E-state index in [0.717, 1.165) is 5.56 Å². The fourth-order valence-corrected chi connectivity index (χ4v) is 4.31. The van der Waals surface area contributed by atoms with Crippen molar-refractivity contribution < 1.29 is 27.8 Å². The Morgan fingerprint density at radius 3 is 2.70 bits per heavy atom. The lowest BCUT2D eigenvalue weighted by Gasteiger charge is -2.32. The number of benzene rings is 2. The molecule has 11 heteroatoms. The van der Waals surface area contributed by atoms with E-state index in [1.165, 1.54) is 18.1 Å². The number of hydrogen-bond donors (Lipinski definition) is 0. The van der Waals surface area contributed by atoms with Crippen molar-refractivity contribution in [2.75, 3.05) is 26.9 Å². The fraction of sp³-hybridized carbons (Fsp3) is 0.308. The van der Waals surface area contributed by atoms with Crippen molar-refractivity contribution in [2.45, 2.75) is 25.9 Å². The first-order valence-electron chi connectivity index (χ1n) is 11.7. The van der Waals surface area contributed by atoms with E-state index in [4.69, 9.17) is 14.2 Å². The molecule has 1 aliphatic heterocycles. The number of ether oxygens (including phenoxy) is 3. The Labute approximate surface area is 211 Å². The van der Waals surface area contributed by atoms with Crippen LogP contribution in [-0.2, 0) is 11.3 Å². The van der Waals surface area contributed by atoms with E-state index < -0.39 is 19.1 Å². The third kappa shape index (κ3) is 5.08. The lowest BCUT2D eigenvalue weighted by atomic mass is 10.0. The summed E-state index contributed by atoms with van der Waals surface area (Å²) in [4.78, 5) is 23.4. The van der Waals surface area contributed by atoms with Crippen molar-refractivity contribution >= 4 is 17.0 Å². The molecule has 37 heavy (non-hydrogen) atoms. The van der Waals surface area contributed by atoms with Gasteiger partial charge in [0.2, 0.25) is 0 Å². The molecule has 1 atom stereocenters. The molecule has 5 rings (SSSR count). The number of alkyl halides is 2. The second-order valence-electron chi connectivity index (χ2n) is 8.60. The predicted octanol–water partition coefficient (Wildman–Crippen LogP) is 4.65. The lowest BCUT2D eigenvalue weighted by Crippen LogP contribution is -2.48. The highest BCUT2D eigenvalue weighted by molar-refractivity contribution is 5.97. The van der Waals surface area contributed by atoms with Crippen LogP contribution in [0, 0.1) is 0 Å². The minimum absolute atomic E-state index is 0.138. The van der Waals surface area contributed by atoms with E-state index in [2.05, 4.69) is 15.1 Å². The van der Waals surface area contributed by atoms with Crippen LogP contribution in [-0.4, -0.2) is 70.1 Å². The van der Waals surface area contributed by atoms with Crippen molar-refractivity contribution in [1.82, 2.24) is 24.6 Å². The number of carbonyl (C=O) groups excluding carboxylic acids is 1. The van der Waals surface area contributed by atoms with E-state index >= 15 is 0 Å². The number of methoxy groups -OCH3 is 1. The first-order valence-corrected chi connectivity index (χ1v) is 11.7. The molecule has 3 heterocycles. The number of fused-ring (bicyclic) bond motifs is 1. The molecule has 1 saturated heterocycles. The minimum atomic E-state index is -2.57. The van der Waals surface area contributed by atoms with E-state index in [1.54, 1.807) is 23.2 Å². The van der Waals surface area contributed by atoms with Gasteiger partial charge in [-0.1, -0.05) is 30.3 Å². The van der Waals surface area contributed by atoms with Gasteiger partial charge in [-0.3, -0.25) is 4.68 Å². The number of rotatable bonds is 6. The zero-order valence-corrected chi connectivity index (χ0v) is 20.3. The SMILES string of the molecule is COc1cc2ncnc(-c3cn(CC(F)F)nc3-c3ccccc3)c2cc1OC(=O)N1CCOC[C@@H]1C. The van der Waals surface area contributed by atoms with Crippen LogP contribution in [0.15, 0.2) is 55.0 Å². The highest BCUT2D eigenvalue weighted by atomic mass is 19.3. The Kier molecular flexibility index (Phi) is 6.95. The summed E-state index contributed by atoms with van der Waals surface area (Å²) in [6, 6.07) is 12.4. The quantitative estimate of drug-likeness (QED) is 0.374. The molecule has 4 aromatic rings. The summed E-state index contributed by atoms with van der Waals surface area (Å²) in [5.41, 5.74) is 2.78. The van der Waals surface area contributed by atoms with Crippen LogP contribution in [0.2, 0.25) is 0 Å². The molecule has 192 valence electrons. The van der Waals surface area contributed by atoms with Gasteiger partial charge in [-0.05, 0) is 13.0 Å². The van der Waals surface area contributed by atoms with Gasteiger partial charge in [0, 0.05) is 35.3 Å². The monoisotopic (exact) mass is 509 g/mol. The maximum atomic E-state index is 13.2. The summed E-state index contributed by atoms with van der Waals surface area (Å²) in [6.07, 6.45) is -0.170. The first-order chi connectivity index (χ1) is 17.9. The molecule has 0 unspecified atom stereocenters. The number of aromatic nitrogens is 4. The third-order valence-electron chi connectivity index (χ3n) is 6.11. The van der Waals surface area contributed by atoms with Crippen LogP contribution in [0.3, 0.4) is 0 Å². The molecule has 0 saturated carbocycles. The topological polar surface area (TPSA) is 91.6 Å². The Hall–Kier alpha value is -4.12. The number of carbonyl (C=O) groups is 1. The molecule has 0 spiro atoms.